The summed E-state index contributed by atoms with van der Waals surface area (Å²) in [5.74, 6) is -0.0782. The number of aliphatic hydroxyl groups is 1. The van der Waals surface area contributed by atoms with Gasteiger partial charge in [0.15, 0.2) is 39.6 Å². The molecule has 4 N–H and O–H groups in total. The number of nitrogens with zero attached hydrogens (tertiary/aromatic N) is 3. The highest BCUT2D eigenvalue weighted by atomic mass is 32.2. The van der Waals surface area contributed by atoms with Gasteiger partial charge in [0.1, 0.15) is 11.5 Å². The first-order valence-corrected chi connectivity index (χ1v) is 11.4. The summed E-state index contributed by atoms with van der Waals surface area (Å²) >= 11 is 1.07. The first-order valence-electron chi connectivity index (χ1n) is 10.4. The number of halogens is 2. The number of aromatic amines is 1. The minimum atomic E-state index is -0.935. The summed E-state index contributed by atoms with van der Waals surface area (Å²) in [7, 11) is 0. The molecule has 1 atom stereocenters. The van der Waals surface area contributed by atoms with E-state index in [1.54, 1.807) is 13.0 Å². The van der Waals surface area contributed by atoms with E-state index in [4.69, 9.17) is 4.42 Å². The lowest BCUT2D eigenvalue weighted by atomic mass is 10.2. The number of aromatic nitrogens is 4. The summed E-state index contributed by atoms with van der Waals surface area (Å²) in [5, 5.41) is 15.7. The lowest BCUT2D eigenvalue weighted by molar-refractivity contribution is 0.281. The van der Waals surface area contributed by atoms with Crippen LogP contribution >= 0.6 is 11.8 Å². The molecular weight excluding hydrogens is 466 g/mol. The van der Waals surface area contributed by atoms with Crippen LogP contribution in [0.4, 0.5) is 20.4 Å². The number of benzene rings is 1. The van der Waals surface area contributed by atoms with Gasteiger partial charge in [-0.2, -0.15) is 0 Å². The maximum Gasteiger partial charge on any atom is 0.292 e. The van der Waals surface area contributed by atoms with Crippen LogP contribution in [0.3, 0.4) is 0 Å². The smallest absolute Gasteiger partial charge is 0.292 e. The van der Waals surface area contributed by atoms with Crippen molar-refractivity contribution in [1.82, 2.24) is 19.9 Å². The van der Waals surface area contributed by atoms with Gasteiger partial charge in [-0.1, -0.05) is 23.9 Å². The van der Waals surface area contributed by atoms with Crippen molar-refractivity contribution in [2.45, 2.75) is 37.3 Å². The number of aryl methyl sites for hydroxylation is 1. The fraction of sp³-hybridized carbons (Fsp3) is 0.273. The van der Waals surface area contributed by atoms with E-state index in [1.807, 2.05) is 13.0 Å². The standard InChI is InChI=1S/C22H22F2N6O3S/c1-11(9-31)26-18-17-19(28-21(32)20(27-17)25-8-14-7-6-12(2)33-14)30-22(29-18)34-10-13-4-3-5-15(23)16(13)24/h3-7,11,31H,8-10H2,1-2H3,(H,25,27)(H2,26,28,29,30,32). The van der Waals surface area contributed by atoms with Crippen LogP contribution in [0.5, 0.6) is 0 Å². The third-order valence-electron chi connectivity index (χ3n) is 4.81. The number of hydrogen-bond acceptors (Lipinski definition) is 9. The molecule has 0 saturated heterocycles. The molecule has 0 amide bonds. The topological polar surface area (TPSA) is 129 Å². The number of rotatable bonds is 9. The molecule has 0 radical (unpaired) electrons. The Morgan fingerprint density at radius 1 is 1.18 bits per heavy atom. The van der Waals surface area contributed by atoms with E-state index in [0.717, 1.165) is 23.6 Å². The van der Waals surface area contributed by atoms with Gasteiger partial charge < -0.3 is 25.1 Å². The Labute approximate surface area is 197 Å². The first-order chi connectivity index (χ1) is 16.3. The molecule has 0 aliphatic heterocycles. The Kier molecular flexibility index (Phi) is 7.08. The normalized spacial score (nSPS) is 12.1. The van der Waals surface area contributed by atoms with E-state index in [-0.39, 0.29) is 58.5 Å². The molecule has 4 rings (SSSR count). The molecule has 9 nitrogen and oxygen atoms in total. The zero-order valence-corrected chi connectivity index (χ0v) is 19.2. The van der Waals surface area contributed by atoms with Crippen molar-refractivity contribution in [3.05, 3.63) is 69.4 Å². The molecule has 3 heterocycles. The monoisotopic (exact) mass is 488 g/mol. The molecular formula is C22H22F2N6O3S. The van der Waals surface area contributed by atoms with E-state index in [9.17, 15) is 18.7 Å². The number of aliphatic hydroxyl groups excluding tert-OH is 1. The molecule has 1 aromatic carbocycles. The first kappa shape index (κ1) is 23.6. The van der Waals surface area contributed by atoms with Crippen LogP contribution in [0.1, 0.15) is 24.0 Å². The average Bonchev–Trinajstić information content (AvgIpc) is 3.23. The van der Waals surface area contributed by atoms with Crippen molar-refractivity contribution in [3.63, 3.8) is 0 Å². The lowest BCUT2D eigenvalue weighted by Crippen LogP contribution is -2.22. The number of fused-ring (bicyclic) bond motifs is 1. The van der Waals surface area contributed by atoms with Gasteiger partial charge in [0.2, 0.25) is 0 Å². The van der Waals surface area contributed by atoms with Gasteiger partial charge in [0, 0.05) is 17.4 Å². The highest BCUT2D eigenvalue weighted by Crippen LogP contribution is 2.26. The van der Waals surface area contributed by atoms with E-state index in [1.165, 1.54) is 12.1 Å². The van der Waals surface area contributed by atoms with Crippen molar-refractivity contribution in [1.29, 1.82) is 0 Å². The molecule has 34 heavy (non-hydrogen) atoms. The van der Waals surface area contributed by atoms with Crippen LogP contribution in [0.15, 0.2) is 44.7 Å². The molecule has 12 heteroatoms. The second kappa shape index (κ2) is 10.2. The van der Waals surface area contributed by atoms with Crippen molar-refractivity contribution in [2.75, 3.05) is 17.2 Å². The Bertz CT molecular complexity index is 1380. The molecule has 0 saturated carbocycles. The summed E-state index contributed by atoms with van der Waals surface area (Å²) in [6, 6.07) is 7.18. The maximum absolute atomic E-state index is 14.0. The van der Waals surface area contributed by atoms with Crippen molar-refractivity contribution < 1.29 is 18.3 Å². The molecule has 0 spiro atoms. The summed E-state index contributed by atoms with van der Waals surface area (Å²) < 4.78 is 33.0. The van der Waals surface area contributed by atoms with E-state index < -0.39 is 17.2 Å². The van der Waals surface area contributed by atoms with E-state index >= 15 is 0 Å². The van der Waals surface area contributed by atoms with Gasteiger partial charge in [-0.15, -0.1) is 0 Å². The Morgan fingerprint density at radius 3 is 2.74 bits per heavy atom. The van der Waals surface area contributed by atoms with E-state index in [0.29, 0.717) is 5.76 Å². The van der Waals surface area contributed by atoms with Crippen molar-refractivity contribution >= 4 is 34.6 Å². The Balaban J connectivity index is 1.65. The third-order valence-corrected chi connectivity index (χ3v) is 5.70. The SMILES string of the molecule is Cc1ccc(CNc2nc3c(NC(C)CO)nc(SCc4cccc(F)c4F)nc3[nH]c2=O)o1. The molecule has 0 fully saturated rings. The molecule has 0 aliphatic carbocycles. The zero-order chi connectivity index (χ0) is 24.2. The second-order valence-electron chi connectivity index (χ2n) is 7.56. The van der Waals surface area contributed by atoms with Gasteiger partial charge in [0.05, 0.1) is 13.2 Å². The Hall–Kier alpha value is -3.51. The van der Waals surface area contributed by atoms with Gasteiger partial charge in [-0.3, -0.25) is 4.79 Å². The van der Waals surface area contributed by atoms with Crippen LogP contribution < -0.4 is 16.2 Å². The number of thioether (sulfide) groups is 1. The second-order valence-corrected chi connectivity index (χ2v) is 8.50. The fourth-order valence-corrected chi connectivity index (χ4v) is 3.89. The summed E-state index contributed by atoms with van der Waals surface area (Å²) in [6.07, 6.45) is 0. The van der Waals surface area contributed by atoms with Crippen LogP contribution in [0.2, 0.25) is 0 Å². The van der Waals surface area contributed by atoms with Gasteiger partial charge in [-0.25, -0.2) is 23.7 Å². The molecule has 0 bridgehead atoms. The highest BCUT2D eigenvalue weighted by molar-refractivity contribution is 7.98. The maximum atomic E-state index is 14.0. The van der Waals surface area contributed by atoms with Crippen LogP contribution in [-0.4, -0.2) is 37.7 Å². The summed E-state index contributed by atoms with van der Waals surface area (Å²) in [4.78, 5) is 28.4. The number of anilines is 2. The molecule has 178 valence electrons. The minimum Gasteiger partial charge on any atom is -0.465 e. The molecule has 1 unspecified atom stereocenters. The zero-order valence-electron chi connectivity index (χ0n) is 18.4. The van der Waals surface area contributed by atoms with Crippen molar-refractivity contribution in [2.24, 2.45) is 0 Å². The van der Waals surface area contributed by atoms with Crippen LogP contribution in [0.25, 0.3) is 11.2 Å². The van der Waals surface area contributed by atoms with E-state index in [2.05, 4.69) is 30.6 Å². The number of nitrogens with one attached hydrogen (secondary N) is 3. The Morgan fingerprint density at radius 2 is 2.00 bits per heavy atom. The van der Waals surface area contributed by atoms with Gasteiger partial charge in [-0.05, 0) is 32.0 Å². The van der Waals surface area contributed by atoms with Crippen molar-refractivity contribution in [3.8, 4) is 0 Å². The average molecular weight is 489 g/mol. The van der Waals surface area contributed by atoms with Crippen LogP contribution in [0, 0.1) is 18.6 Å². The number of furan rings is 1. The fourth-order valence-electron chi connectivity index (χ4n) is 3.07. The molecule has 0 aliphatic rings. The predicted octanol–water partition coefficient (Wildman–Crippen LogP) is 3.59. The summed E-state index contributed by atoms with van der Waals surface area (Å²) in [6.45, 7) is 3.64. The predicted molar refractivity (Wildman–Crippen MR) is 125 cm³/mol. The molecule has 3 aromatic heterocycles. The molecule has 4 aromatic rings. The van der Waals surface area contributed by atoms with Crippen LogP contribution in [-0.2, 0) is 12.3 Å². The highest BCUT2D eigenvalue weighted by Gasteiger charge is 2.16. The third kappa shape index (κ3) is 5.34. The quantitative estimate of drug-likeness (QED) is 0.206. The minimum absolute atomic E-state index is 0.0482. The van der Waals surface area contributed by atoms with Gasteiger partial charge >= 0.3 is 0 Å². The summed E-state index contributed by atoms with van der Waals surface area (Å²) in [5.41, 5.74) is 0.0996. The largest absolute Gasteiger partial charge is 0.465 e. The lowest BCUT2D eigenvalue weighted by Gasteiger charge is -2.14. The number of H-pyrrole nitrogens is 1. The number of hydrogen-bond donors (Lipinski definition) is 4. The van der Waals surface area contributed by atoms with Gasteiger partial charge in [0.25, 0.3) is 5.56 Å².